The number of allylic oxidation sites excluding steroid dienone is 1. The lowest BCUT2D eigenvalue weighted by Crippen LogP contribution is -1.84. The van der Waals surface area contributed by atoms with Gasteiger partial charge in [-0.15, -0.1) is 11.3 Å². The van der Waals surface area contributed by atoms with E-state index in [1.54, 1.807) is 18.2 Å². The Balaban J connectivity index is 1.47. The van der Waals surface area contributed by atoms with Gasteiger partial charge < -0.3 is 4.42 Å². The third-order valence-corrected chi connectivity index (χ3v) is 6.65. The molecule has 0 N–H and O–H groups in total. The molecule has 0 saturated carbocycles. The number of aromatic nitrogens is 1. The van der Waals surface area contributed by atoms with E-state index in [2.05, 4.69) is 24.3 Å². The van der Waals surface area contributed by atoms with Crippen LogP contribution >= 0.6 is 34.5 Å². The van der Waals surface area contributed by atoms with Crippen LogP contribution in [0.5, 0.6) is 0 Å². The number of nitriles is 1. The van der Waals surface area contributed by atoms with E-state index >= 15 is 0 Å². The molecule has 6 heteroatoms. The van der Waals surface area contributed by atoms with E-state index in [0.717, 1.165) is 27.6 Å². The maximum atomic E-state index is 9.76. The molecule has 0 aliphatic carbocycles. The molecule has 3 nitrogen and oxygen atoms in total. The van der Waals surface area contributed by atoms with E-state index < -0.39 is 0 Å². The molecule has 3 aromatic carbocycles. The maximum Gasteiger partial charge on any atom is 0.134 e. The van der Waals surface area contributed by atoms with Crippen molar-refractivity contribution in [1.29, 1.82) is 5.26 Å². The van der Waals surface area contributed by atoms with Gasteiger partial charge in [0.1, 0.15) is 22.6 Å². The number of fused-ring (bicyclic) bond motifs is 1. The number of nitrogens with zero attached hydrogens (tertiary/aromatic N) is 2. The first-order valence-corrected chi connectivity index (χ1v) is 11.4. The van der Waals surface area contributed by atoms with E-state index in [-0.39, 0.29) is 0 Å². The molecule has 0 bridgehead atoms. The largest absolute Gasteiger partial charge is 0.457 e. The number of halogens is 2. The first kappa shape index (κ1) is 20.5. The van der Waals surface area contributed by atoms with Crippen molar-refractivity contribution in [2.75, 3.05) is 0 Å². The summed E-state index contributed by atoms with van der Waals surface area (Å²) in [7, 11) is 0. The zero-order chi connectivity index (χ0) is 22.1. The van der Waals surface area contributed by atoms with Crippen LogP contribution in [0.1, 0.15) is 10.8 Å². The van der Waals surface area contributed by atoms with Gasteiger partial charge in [-0.3, -0.25) is 0 Å². The van der Waals surface area contributed by atoms with Gasteiger partial charge in [-0.25, -0.2) is 4.98 Å². The third-order valence-electron chi connectivity index (χ3n) is 5.04. The zero-order valence-corrected chi connectivity index (χ0v) is 18.9. The Labute approximate surface area is 198 Å². The molecule has 5 rings (SSSR count). The smallest absolute Gasteiger partial charge is 0.134 e. The number of furan rings is 1. The predicted octanol–water partition coefficient (Wildman–Crippen LogP) is 8.59. The summed E-state index contributed by atoms with van der Waals surface area (Å²) in [4.78, 5) is 4.74. The molecule has 0 amide bonds. The summed E-state index contributed by atoms with van der Waals surface area (Å²) in [5, 5.41) is 15.6. The lowest BCUT2D eigenvalue weighted by atomic mass is 10.0. The van der Waals surface area contributed by atoms with Gasteiger partial charge in [-0.2, -0.15) is 5.26 Å². The summed E-state index contributed by atoms with van der Waals surface area (Å²) in [6, 6.07) is 25.5. The topological polar surface area (TPSA) is 49.8 Å². The zero-order valence-electron chi connectivity index (χ0n) is 16.5. The highest BCUT2D eigenvalue weighted by Crippen LogP contribution is 2.33. The van der Waals surface area contributed by atoms with Crippen LogP contribution in [0.2, 0.25) is 10.0 Å². The van der Waals surface area contributed by atoms with E-state index in [9.17, 15) is 5.26 Å². The summed E-state index contributed by atoms with van der Waals surface area (Å²) >= 11 is 13.5. The number of hydrogen-bond acceptors (Lipinski definition) is 4. The van der Waals surface area contributed by atoms with Gasteiger partial charge in [-0.1, -0.05) is 65.7 Å². The third kappa shape index (κ3) is 3.94. The molecular formula is C26H14Cl2N2OS. The van der Waals surface area contributed by atoms with Gasteiger partial charge in [0.05, 0.1) is 21.3 Å². The molecule has 0 atom stereocenters. The number of thiazole rings is 1. The highest BCUT2D eigenvalue weighted by molar-refractivity contribution is 7.11. The highest BCUT2D eigenvalue weighted by atomic mass is 35.5. The van der Waals surface area contributed by atoms with Crippen LogP contribution in [0, 0.1) is 11.3 Å². The summed E-state index contributed by atoms with van der Waals surface area (Å²) in [6.45, 7) is 0. The lowest BCUT2D eigenvalue weighted by Gasteiger charge is -2.03. The Morgan fingerprint density at radius 1 is 0.969 bits per heavy atom. The van der Waals surface area contributed by atoms with Crippen molar-refractivity contribution in [2.24, 2.45) is 0 Å². The first-order valence-electron chi connectivity index (χ1n) is 9.73. The molecule has 0 fully saturated rings. The second kappa shape index (κ2) is 8.64. The van der Waals surface area contributed by atoms with Gasteiger partial charge in [0.25, 0.3) is 0 Å². The van der Waals surface area contributed by atoms with Gasteiger partial charge in [0.15, 0.2) is 0 Å². The van der Waals surface area contributed by atoms with Gasteiger partial charge in [0, 0.05) is 22.6 Å². The number of hydrogen-bond donors (Lipinski definition) is 0. The van der Waals surface area contributed by atoms with E-state index in [1.165, 1.54) is 11.3 Å². The van der Waals surface area contributed by atoms with Crippen molar-refractivity contribution in [1.82, 2.24) is 4.98 Å². The molecule has 154 valence electrons. The minimum absolute atomic E-state index is 0.441. The van der Waals surface area contributed by atoms with Crippen molar-refractivity contribution < 1.29 is 4.42 Å². The van der Waals surface area contributed by atoms with Crippen LogP contribution in [0.3, 0.4) is 0 Å². The fourth-order valence-corrected chi connectivity index (χ4v) is 4.57. The predicted molar refractivity (Wildman–Crippen MR) is 133 cm³/mol. The maximum absolute atomic E-state index is 9.76. The second-order valence-corrected chi connectivity index (χ2v) is 8.74. The molecule has 0 aliphatic rings. The molecule has 0 radical (unpaired) electrons. The molecular weight excluding hydrogens is 459 g/mol. The molecule has 5 aromatic rings. The Kier molecular flexibility index (Phi) is 5.55. The normalized spacial score (nSPS) is 11.6. The first-order chi connectivity index (χ1) is 15.6. The molecule has 0 saturated heterocycles. The Morgan fingerprint density at radius 2 is 1.81 bits per heavy atom. The van der Waals surface area contributed by atoms with Crippen molar-refractivity contribution >= 4 is 57.0 Å². The highest BCUT2D eigenvalue weighted by Gasteiger charge is 2.13. The van der Waals surface area contributed by atoms with Crippen LogP contribution < -0.4 is 0 Å². The molecule has 0 unspecified atom stereocenters. The fourth-order valence-electron chi connectivity index (χ4n) is 3.49. The van der Waals surface area contributed by atoms with Crippen molar-refractivity contribution in [3.8, 4) is 28.7 Å². The van der Waals surface area contributed by atoms with Gasteiger partial charge in [-0.05, 0) is 41.1 Å². The van der Waals surface area contributed by atoms with Crippen LogP contribution in [-0.2, 0) is 0 Å². The SMILES string of the molecule is N#CC(=Cc1ccc(-c2ccc(Cl)c(Cl)c2)o1)c1nc(-c2cccc3ccccc23)cs1. The minimum atomic E-state index is 0.441. The Morgan fingerprint density at radius 3 is 2.66 bits per heavy atom. The Hall–Kier alpha value is -3.36. The fraction of sp³-hybridized carbons (Fsp3) is 0. The lowest BCUT2D eigenvalue weighted by molar-refractivity contribution is 0.572. The van der Waals surface area contributed by atoms with Crippen LogP contribution in [0.4, 0.5) is 0 Å². The monoisotopic (exact) mass is 472 g/mol. The van der Waals surface area contributed by atoms with Crippen LogP contribution in [-0.4, -0.2) is 4.98 Å². The average Bonchev–Trinajstić information content (AvgIpc) is 3.49. The number of benzene rings is 3. The van der Waals surface area contributed by atoms with Crippen molar-refractivity contribution in [3.05, 3.63) is 99.0 Å². The standard InChI is InChI=1S/C26H14Cl2N2OS/c27-22-10-8-17(13-23(22)28)25-11-9-19(31-25)12-18(14-29)26-30-24(15-32-26)21-7-3-5-16-4-1-2-6-20(16)21/h1-13,15H. The van der Waals surface area contributed by atoms with Crippen LogP contribution in [0.15, 0.2) is 82.6 Å². The molecule has 0 spiro atoms. The quantitative estimate of drug-likeness (QED) is 0.246. The average molecular weight is 473 g/mol. The second-order valence-electron chi connectivity index (χ2n) is 7.07. The minimum Gasteiger partial charge on any atom is -0.457 e. The summed E-state index contributed by atoms with van der Waals surface area (Å²) in [6.07, 6.45) is 1.70. The molecule has 2 heterocycles. The van der Waals surface area contributed by atoms with Crippen LogP contribution in [0.25, 0.3) is 45.0 Å². The number of rotatable bonds is 4. The van der Waals surface area contributed by atoms with E-state index in [4.69, 9.17) is 32.6 Å². The van der Waals surface area contributed by atoms with E-state index in [1.807, 2.05) is 47.8 Å². The molecule has 32 heavy (non-hydrogen) atoms. The Bertz CT molecular complexity index is 1520. The molecule has 0 aliphatic heterocycles. The summed E-state index contributed by atoms with van der Waals surface area (Å²) in [5.41, 5.74) is 3.14. The van der Waals surface area contributed by atoms with Gasteiger partial charge in [0.2, 0.25) is 0 Å². The molecule has 2 aromatic heterocycles. The van der Waals surface area contributed by atoms with Crippen molar-refractivity contribution in [3.63, 3.8) is 0 Å². The summed E-state index contributed by atoms with van der Waals surface area (Å²) in [5.74, 6) is 1.20. The van der Waals surface area contributed by atoms with E-state index in [0.29, 0.717) is 32.1 Å². The van der Waals surface area contributed by atoms with Gasteiger partial charge >= 0.3 is 0 Å². The van der Waals surface area contributed by atoms with Crippen molar-refractivity contribution in [2.45, 2.75) is 0 Å². The summed E-state index contributed by atoms with van der Waals surface area (Å²) < 4.78 is 5.92.